The molecule has 0 bridgehead atoms. The fraction of sp³-hybridized carbons (Fsp3) is 0.0196. The van der Waals surface area contributed by atoms with Crippen LogP contribution in [-0.4, -0.2) is 6.71 Å². The molecule has 53 unspecified atom stereocenters. The number of rotatable bonds is 50. The van der Waals surface area contributed by atoms with Crippen LogP contribution in [-0.2, 0) is 5.41 Å². The van der Waals surface area contributed by atoms with Crippen molar-refractivity contribution in [3.8, 4) is 11.1 Å². The lowest BCUT2D eigenvalue weighted by Gasteiger charge is -2.64. The molecule has 98 heteroatoms. The Labute approximate surface area is 1060 Å². The number of hydrogen-bond donors (Lipinski definition) is 0. The maximum absolute atomic E-state index is 3.91. The summed E-state index contributed by atoms with van der Waals surface area (Å²) in [6.07, 6.45) is 0. The Kier molecular flexibility index (Phi) is 91.8. The summed E-state index contributed by atoms with van der Waals surface area (Å²) in [5, 5.41) is 5.06. The van der Waals surface area contributed by atoms with E-state index in [1.807, 2.05) is 0 Å². The average molecular weight is 3740 g/mol. The molecule has 11 rings (SSSR count). The molecule has 0 fully saturated rings. The monoisotopic (exact) mass is 3740 g/mol. The second-order valence-corrected chi connectivity index (χ2v) is 429. The van der Waals surface area contributed by atoms with Gasteiger partial charge in [-0.1, -0.05) is 192 Å². The Bertz CT molecular complexity index is 5170. The first-order valence-corrected chi connectivity index (χ1v) is 215. The SMILES string of the molecule is PP(P)P(P)P(P(P)P)P(P(P(P)P)P(P)P)P(P(P(P(P)P)P(P)P)P(P(P)P)P(P)P)P(P(P(P(P(P)P)P(P)P)P(P(P)P)P(P)P)P(P(P(P)P)P(P)P)P(P(P)P)P(P)P)P(P(P(P(P)P)P(P)P)P(P(P)P)P(P)P)P(P(P(P)P)P(P)P)P(P(P)P)P(P)P.c1ccc(C2(c3ccccc3)c3ccccc3N(c3ccc4cc(B5c6ccccc6-c6cc7ccccc7cc65)ccc4c3)c3ccccc32)cc1. The number of para-hydroxylation sites is 2. The van der Waals surface area contributed by atoms with Gasteiger partial charge in [0, 0.05) is 5.69 Å². The minimum atomic E-state index is -0.621. The molecule has 9 aromatic rings. The molecule has 1 nitrogen and oxygen atoms in total. The van der Waals surface area contributed by atoms with Crippen LogP contribution in [0.2, 0.25) is 0 Å². The first-order chi connectivity index (χ1) is 69.9. The zero-order valence-electron chi connectivity index (χ0n) is 78.5. The van der Waals surface area contributed by atoms with Gasteiger partial charge in [-0.05, 0) is 414 Å². The molecule has 0 radical (unpaired) electrons. The van der Waals surface area contributed by atoms with Crippen molar-refractivity contribution in [3.63, 3.8) is 0 Å². The summed E-state index contributed by atoms with van der Waals surface area (Å²) in [6.45, 7) is -20.3. The summed E-state index contributed by atoms with van der Waals surface area (Å²) in [7, 11) is 185. The van der Waals surface area contributed by atoms with E-state index in [2.05, 4.69) is 649 Å². The molecule has 0 aliphatic carbocycles. The van der Waals surface area contributed by atoms with Gasteiger partial charge in [0.1, 0.15) is 0 Å². The second-order valence-electron chi connectivity index (χ2n) is 29.8. The van der Waals surface area contributed by atoms with Gasteiger partial charge in [-0.25, -0.2) is 0 Å². The Morgan fingerprint density at radius 2 is 0.396 bits per heavy atom. The lowest BCUT2D eigenvalue weighted by atomic mass is 9.39. The summed E-state index contributed by atoms with van der Waals surface area (Å²) < 4.78 is 0. The van der Waals surface area contributed by atoms with Crippen LogP contribution in [0.15, 0.2) is 206 Å². The predicted molar refractivity (Wildman–Crippen MR) is 1030 cm³/mol. The predicted octanol–water partition coefficient (Wildman–Crippen LogP) is 67.1. The third-order valence-corrected chi connectivity index (χ3v) is 703. The fourth-order valence-electron chi connectivity index (χ4n) is 15.4. The molecule has 9 aromatic carbocycles. The Balaban J connectivity index is 0.000000352. The molecule has 149 heavy (non-hydrogen) atoms. The van der Waals surface area contributed by atoms with Gasteiger partial charge in [0.15, 0.2) is 0 Å². The van der Waals surface area contributed by atoms with Gasteiger partial charge >= 0.3 is 0 Å². The lowest BCUT2D eigenvalue weighted by Crippen LogP contribution is -2.48. The number of benzene rings is 9. The minimum Gasteiger partial charge on any atom is -0.310 e. The minimum absolute atomic E-state index is 0.194. The van der Waals surface area contributed by atoms with E-state index < -0.39 is 320 Å². The van der Waals surface area contributed by atoms with Gasteiger partial charge in [0.2, 0.25) is 6.71 Å². The van der Waals surface area contributed by atoms with Gasteiger partial charge in [-0.3, -0.25) is 0 Å². The van der Waals surface area contributed by atoms with Crippen LogP contribution in [0.5, 0.6) is 0 Å². The normalized spacial score (nSPS) is 15.1. The quantitative estimate of drug-likeness (QED) is 0.0271. The van der Waals surface area contributed by atoms with Crippen molar-refractivity contribution in [1.82, 2.24) is 0 Å². The van der Waals surface area contributed by atoms with Crippen LogP contribution < -0.4 is 21.3 Å². The Morgan fingerprint density at radius 3 is 0.685 bits per heavy atom. The third kappa shape index (κ3) is 44.8. The van der Waals surface area contributed by atoms with E-state index in [1.54, 1.807) is 0 Å². The first kappa shape index (κ1) is 165. The summed E-state index contributed by atoms with van der Waals surface area (Å²) >= 11 is 0. The van der Waals surface area contributed by atoms with Crippen molar-refractivity contribution < 1.29 is 0 Å². The molecule has 0 aromatic heterocycles. The maximum atomic E-state index is 3.91. The van der Waals surface area contributed by atoms with Crippen LogP contribution >= 0.6 is 766 Å². The maximum Gasteiger partial charge on any atom is 0.242 e. The number of fused-ring (bicyclic) bond motifs is 7. The van der Waals surface area contributed by atoms with E-state index in [9.17, 15) is 0 Å². The van der Waals surface area contributed by atoms with Gasteiger partial charge in [0.25, 0.3) is 0 Å². The standard InChI is InChI=1S/C51H34BN.H98P96/c1-3-17-39(18-4-1)51(40-19-5-2-6-20-40)45-22-10-13-25-49(45)53(50-26-14-11-23-46(50)51)42-30-28-37-31-41(29-27-38(37)32-42)52-47-24-12-9-21-43(47)44-33-35-15-7-8-16-36(35)34-48(44)52;1-50(2)74(49)86(73(47)48)92(85(71(43)44)72(45)46)95(91(83(67(35)36)68(37)38)84(69(39)40)70(41)42)96(93(87(75(51(3)4)52(5)6)76(53(7)8)54(9)10)88(77(55(11)12)56(13)14)78(57(15)16)58(17)18)94(89(79(59(19)20)60(21)22)80(61(23)24)62(25)26)90(81(63(27)28)64(29)30)82(65(31)32)66(33)34/h1-34H;1-49H2. The highest BCUT2D eigenvalue weighted by atomic mass is 33.7. The number of hydrogen-bond acceptors (Lipinski definition) is 1. The number of nitrogens with zero attached hydrogens (tertiary/aromatic N) is 1. The van der Waals surface area contributed by atoms with E-state index in [0.717, 1.165) is 5.69 Å². The molecule has 2 aliphatic heterocycles. The van der Waals surface area contributed by atoms with Gasteiger partial charge in [0.05, 0.1) is 16.8 Å². The molecule has 0 N–H and O–H groups in total. The second kappa shape index (κ2) is 82.9. The molecule has 824 valence electrons. The highest BCUT2D eigenvalue weighted by Crippen LogP contribution is 3.54. The van der Waals surface area contributed by atoms with Crippen molar-refractivity contribution in [2.24, 2.45) is 0 Å². The summed E-state index contributed by atoms with van der Waals surface area (Å²) in [4.78, 5) is 2.47. The Morgan fingerprint density at radius 1 is 0.168 bits per heavy atom. The van der Waals surface area contributed by atoms with E-state index >= 15 is 0 Å². The van der Waals surface area contributed by atoms with Crippen LogP contribution in [0, 0.1) is 0 Å². The topological polar surface area (TPSA) is 3.24 Å². The summed E-state index contributed by atoms with van der Waals surface area (Å²) in [6, 6.07) is 76.6. The first-order valence-electron chi connectivity index (χ1n) is 40.4. The molecule has 2 aliphatic rings. The van der Waals surface area contributed by atoms with E-state index in [4.69, 9.17) is 0 Å². The van der Waals surface area contributed by atoms with E-state index in [0.29, 0.717) is 0 Å². The molecule has 2 heterocycles. The van der Waals surface area contributed by atoms with Crippen LogP contribution in [0.4, 0.5) is 17.1 Å². The Hall–Kier alpha value is 34.6. The molecular weight excluding hydrogens is 3610 g/mol. The molecule has 0 saturated carbocycles. The van der Waals surface area contributed by atoms with Crippen LogP contribution in [0.3, 0.4) is 0 Å². The van der Waals surface area contributed by atoms with Gasteiger partial charge in [-0.15, -0.1) is 437 Å². The lowest BCUT2D eigenvalue weighted by molar-refractivity contribution is 0.731. The zero-order valence-corrected chi connectivity index (χ0v) is 177. The van der Waals surface area contributed by atoms with Gasteiger partial charge < -0.3 is 4.90 Å². The summed E-state index contributed by atoms with van der Waals surface area (Å²) in [5.74, 6) is 0. The largest absolute Gasteiger partial charge is 0.310 e. The molecule has 0 amide bonds. The molecule has 0 spiro atoms. The van der Waals surface area contributed by atoms with Crippen LogP contribution in [0.1, 0.15) is 22.3 Å². The van der Waals surface area contributed by atoms with Crippen molar-refractivity contribution >= 4 is 828 Å². The molecule has 53 atom stereocenters. The number of anilines is 3. The van der Waals surface area contributed by atoms with Crippen molar-refractivity contribution in [3.05, 3.63) is 229 Å². The fourth-order valence-corrected chi connectivity index (χ4v) is 1430. The zero-order chi connectivity index (χ0) is 111. The highest BCUT2D eigenvalue weighted by Gasteiger charge is 2.68. The van der Waals surface area contributed by atoms with Crippen molar-refractivity contribution in [1.29, 1.82) is 0 Å². The molecular formula is C51H132BNP96. The van der Waals surface area contributed by atoms with Gasteiger partial charge in [-0.2, -0.15) is 0 Å². The molecule has 0 saturated heterocycles. The highest BCUT2D eigenvalue weighted by molar-refractivity contribution is 9.60. The van der Waals surface area contributed by atoms with E-state index in [-0.39, 0.29) is 20.7 Å². The van der Waals surface area contributed by atoms with Crippen LogP contribution in [0.25, 0.3) is 32.7 Å². The third-order valence-electron chi connectivity index (χ3n) is 20.3. The van der Waals surface area contributed by atoms with Crippen molar-refractivity contribution in [2.75, 3.05) is 4.90 Å². The smallest absolute Gasteiger partial charge is 0.242 e. The van der Waals surface area contributed by atoms with Crippen molar-refractivity contribution in [2.45, 2.75) is 5.41 Å². The average Bonchev–Trinajstić information content (AvgIpc) is 1.59. The van der Waals surface area contributed by atoms with E-state index in [1.165, 1.54) is 82.7 Å². The summed E-state index contributed by atoms with van der Waals surface area (Å²) in [5.41, 5.74) is 15.0.